The van der Waals surface area contributed by atoms with Crippen LogP contribution in [0.15, 0.2) is 34.5 Å². The van der Waals surface area contributed by atoms with Crippen molar-refractivity contribution in [2.45, 2.75) is 52.3 Å². The van der Waals surface area contributed by atoms with Crippen molar-refractivity contribution in [1.82, 2.24) is 4.90 Å². The van der Waals surface area contributed by atoms with E-state index in [1.54, 1.807) is 18.7 Å². The molecule has 162 valence electrons. The molecular formula is C22H28N2O5S. The molecule has 1 fully saturated rings. The number of benzene rings is 1. The van der Waals surface area contributed by atoms with Crippen LogP contribution in [0.2, 0.25) is 0 Å². The second-order valence-electron chi connectivity index (χ2n) is 6.97. The SMILES string of the molecule is CCCOc1ccc(C2C(C(=O)OCC)=C(C)N=C3SC(C)C(=O)N32)cc1OCC. The van der Waals surface area contributed by atoms with Crippen LogP contribution in [0, 0.1) is 0 Å². The summed E-state index contributed by atoms with van der Waals surface area (Å²) in [6, 6.07) is 4.92. The summed E-state index contributed by atoms with van der Waals surface area (Å²) in [4.78, 5) is 31.9. The first-order valence-corrected chi connectivity index (χ1v) is 11.2. The van der Waals surface area contributed by atoms with Gasteiger partial charge in [-0.05, 0) is 51.8 Å². The highest BCUT2D eigenvalue weighted by atomic mass is 32.2. The fourth-order valence-corrected chi connectivity index (χ4v) is 4.51. The molecule has 0 saturated carbocycles. The van der Waals surface area contributed by atoms with Crippen molar-refractivity contribution in [3.63, 3.8) is 0 Å². The van der Waals surface area contributed by atoms with Gasteiger partial charge in [-0.15, -0.1) is 0 Å². The van der Waals surface area contributed by atoms with Gasteiger partial charge in [-0.3, -0.25) is 9.69 Å². The third-order valence-corrected chi connectivity index (χ3v) is 5.85. The van der Waals surface area contributed by atoms with E-state index < -0.39 is 12.0 Å². The first-order valence-electron chi connectivity index (χ1n) is 10.3. The van der Waals surface area contributed by atoms with Crippen LogP contribution >= 0.6 is 11.8 Å². The van der Waals surface area contributed by atoms with Gasteiger partial charge in [0.15, 0.2) is 16.7 Å². The molecule has 1 aromatic carbocycles. The molecule has 3 rings (SSSR count). The molecule has 1 saturated heterocycles. The molecule has 8 heteroatoms. The number of carbonyl (C=O) groups is 2. The number of carbonyl (C=O) groups excluding carboxylic acids is 2. The Bertz CT molecular complexity index is 896. The Kier molecular flexibility index (Phi) is 7.07. The predicted octanol–water partition coefficient (Wildman–Crippen LogP) is 4.09. The summed E-state index contributed by atoms with van der Waals surface area (Å²) in [5.41, 5.74) is 1.68. The highest BCUT2D eigenvalue weighted by Crippen LogP contribution is 2.44. The zero-order chi connectivity index (χ0) is 21.8. The minimum absolute atomic E-state index is 0.0812. The normalized spacial score (nSPS) is 20.8. The van der Waals surface area contributed by atoms with Gasteiger partial charge in [-0.25, -0.2) is 9.79 Å². The molecule has 2 aliphatic heterocycles. The molecule has 0 N–H and O–H groups in total. The third kappa shape index (κ3) is 4.19. The molecule has 2 heterocycles. The number of amides is 1. The number of thioether (sulfide) groups is 1. The van der Waals surface area contributed by atoms with Crippen LogP contribution < -0.4 is 9.47 Å². The van der Waals surface area contributed by atoms with E-state index in [0.717, 1.165) is 12.0 Å². The number of esters is 1. The van der Waals surface area contributed by atoms with Crippen LogP contribution in [0.25, 0.3) is 0 Å². The van der Waals surface area contributed by atoms with Gasteiger partial charge in [0.2, 0.25) is 5.91 Å². The number of ether oxygens (including phenoxy) is 3. The number of amidine groups is 1. The lowest BCUT2D eigenvalue weighted by Gasteiger charge is -2.33. The minimum atomic E-state index is -0.624. The van der Waals surface area contributed by atoms with Crippen LogP contribution in [0.1, 0.15) is 52.6 Å². The van der Waals surface area contributed by atoms with Crippen LogP contribution in [0.4, 0.5) is 0 Å². The molecule has 0 radical (unpaired) electrons. The van der Waals surface area contributed by atoms with Crippen molar-refractivity contribution < 1.29 is 23.8 Å². The van der Waals surface area contributed by atoms with Crippen LogP contribution in [-0.4, -0.2) is 47.0 Å². The first kappa shape index (κ1) is 22.2. The molecule has 2 unspecified atom stereocenters. The highest BCUT2D eigenvalue weighted by molar-refractivity contribution is 8.15. The molecule has 1 amide bonds. The van der Waals surface area contributed by atoms with Gasteiger partial charge >= 0.3 is 5.97 Å². The van der Waals surface area contributed by atoms with E-state index in [-0.39, 0.29) is 17.8 Å². The average molecular weight is 433 g/mol. The van der Waals surface area contributed by atoms with Gasteiger partial charge in [-0.2, -0.15) is 0 Å². The smallest absolute Gasteiger partial charge is 0.338 e. The topological polar surface area (TPSA) is 77.4 Å². The lowest BCUT2D eigenvalue weighted by Crippen LogP contribution is -2.40. The summed E-state index contributed by atoms with van der Waals surface area (Å²) >= 11 is 1.40. The Morgan fingerprint density at radius 2 is 1.93 bits per heavy atom. The zero-order valence-corrected chi connectivity index (χ0v) is 18.9. The summed E-state index contributed by atoms with van der Waals surface area (Å²) in [5.74, 6) is 0.675. The van der Waals surface area contributed by atoms with Gasteiger partial charge in [0.1, 0.15) is 0 Å². The summed E-state index contributed by atoms with van der Waals surface area (Å²) in [6.07, 6.45) is 0.877. The molecule has 0 bridgehead atoms. The van der Waals surface area contributed by atoms with Crippen LogP contribution in [0.5, 0.6) is 11.5 Å². The maximum Gasteiger partial charge on any atom is 0.338 e. The summed E-state index contributed by atoms with van der Waals surface area (Å²) in [7, 11) is 0. The third-order valence-electron chi connectivity index (χ3n) is 4.80. The van der Waals surface area contributed by atoms with Crippen molar-refractivity contribution in [2.75, 3.05) is 19.8 Å². The number of rotatable bonds is 8. The molecule has 7 nitrogen and oxygen atoms in total. The molecule has 0 spiro atoms. The number of hydrogen-bond donors (Lipinski definition) is 0. The lowest BCUT2D eigenvalue weighted by molar-refractivity contribution is -0.139. The Labute approximate surface area is 181 Å². The van der Waals surface area contributed by atoms with E-state index in [4.69, 9.17) is 14.2 Å². The van der Waals surface area contributed by atoms with E-state index in [2.05, 4.69) is 4.99 Å². The number of fused-ring (bicyclic) bond motifs is 1. The first-order chi connectivity index (χ1) is 14.4. The van der Waals surface area contributed by atoms with Gasteiger partial charge in [-0.1, -0.05) is 24.8 Å². The number of allylic oxidation sites excluding steroid dienone is 1. The molecule has 2 aliphatic rings. The van der Waals surface area contributed by atoms with Crippen LogP contribution in [0.3, 0.4) is 0 Å². The fraction of sp³-hybridized carbons (Fsp3) is 0.500. The van der Waals surface area contributed by atoms with Gasteiger partial charge in [0.05, 0.1) is 42.4 Å². The van der Waals surface area contributed by atoms with Crippen molar-refractivity contribution in [3.05, 3.63) is 35.0 Å². The van der Waals surface area contributed by atoms with E-state index >= 15 is 0 Å². The molecular weight excluding hydrogens is 404 g/mol. The van der Waals surface area contributed by atoms with E-state index in [1.165, 1.54) is 11.8 Å². The second kappa shape index (κ2) is 9.55. The van der Waals surface area contributed by atoms with Gasteiger partial charge in [0.25, 0.3) is 0 Å². The van der Waals surface area contributed by atoms with E-state index in [9.17, 15) is 9.59 Å². The molecule has 2 atom stereocenters. The zero-order valence-electron chi connectivity index (χ0n) is 18.1. The largest absolute Gasteiger partial charge is 0.490 e. The predicted molar refractivity (Wildman–Crippen MR) is 117 cm³/mol. The number of nitrogens with zero attached hydrogens (tertiary/aromatic N) is 2. The van der Waals surface area contributed by atoms with Crippen molar-refractivity contribution in [1.29, 1.82) is 0 Å². The molecule has 0 aliphatic carbocycles. The van der Waals surface area contributed by atoms with Crippen LogP contribution in [-0.2, 0) is 14.3 Å². The van der Waals surface area contributed by atoms with Gasteiger partial charge in [0, 0.05) is 0 Å². The monoisotopic (exact) mass is 432 g/mol. The Morgan fingerprint density at radius 3 is 2.60 bits per heavy atom. The lowest BCUT2D eigenvalue weighted by atomic mass is 9.94. The maximum atomic E-state index is 13.0. The molecule has 1 aromatic rings. The Morgan fingerprint density at radius 1 is 1.17 bits per heavy atom. The van der Waals surface area contributed by atoms with Crippen molar-refractivity contribution in [2.24, 2.45) is 4.99 Å². The summed E-state index contributed by atoms with van der Waals surface area (Å²) in [5, 5.41) is 0.339. The minimum Gasteiger partial charge on any atom is -0.490 e. The average Bonchev–Trinajstić information content (AvgIpc) is 2.99. The van der Waals surface area contributed by atoms with E-state index in [0.29, 0.717) is 41.2 Å². The number of aliphatic imine (C=N–C) groups is 1. The van der Waals surface area contributed by atoms with E-state index in [1.807, 2.05) is 39.0 Å². The van der Waals surface area contributed by atoms with Crippen molar-refractivity contribution >= 4 is 28.8 Å². The summed E-state index contributed by atoms with van der Waals surface area (Å²) in [6.45, 7) is 10.6. The van der Waals surface area contributed by atoms with Gasteiger partial charge < -0.3 is 14.2 Å². The quantitative estimate of drug-likeness (QED) is 0.576. The maximum absolute atomic E-state index is 13.0. The Balaban J connectivity index is 2.11. The van der Waals surface area contributed by atoms with Crippen molar-refractivity contribution in [3.8, 4) is 11.5 Å². The molecule has 0 aromatic heterocycles. The Hall–Kier alpha value is -2.48. The summed E-state index contributed by atoms with van der Waals surface area (Å²) < 4.78 is 16.9. The fourth-order valence-electron chi connectivity index (χ4n) is 3.48. The highest BCUT2D eigenvalue weighted by Gasteiger charge is 2.46. The number of hydrogen-bond acceptors (Lipinski definition) is 7. The molecule has 30 heavy (non-hydrogen) atoms. The standard InChI is InChI=1S/C22H28N2O5S/c1-6-11-29-16-10-9-15(12-17(16)27-7-2)19-18(21(26)28-8-3)13(4)23-22-24(19)20(25)14(5)30-22/h9-10,12,14,19H,6-8,11H2,1-5H3. The second-order valence-corrected chi connectivity index (χ2v) is 8.28.